The summed E-state index contributed by atoms with van der Waals surface area (Å²) >= 11 is 0. The van der Waals surface area contributed by atoms with Gasteiger partial charge in [-0.15, -0.1) is 0 Å². The van der Waals surface area contributed by atoms with Gasteiger partial charge in [0, 0.05) is 11.8 Å². The number of anilines is 1. The predicted molar refractivity (Wildman–Crippen MR) is 85.4 cm³/mol. The highest BCUT2D eigenvalue weighted by atomic mass is 19.1. The molecule has 1 fully saturated rings. The summed E-state index contributed by atoms with van der Waals surface area (Å²) in [5.74, 6) is 0.0352. The van der Waals surface area contributed by atoms with E-state index in [2.05, 4.69) is 10.6 Å². The standard InChI is InChI=1S/C17H19FN2O4/c18-13-9-11(6-7-15(13)24-12-3-1-4-12)20-17(22)19-10-14(21)16-5-2-8-23-16/h2,5-9,12,14,21H,1,3-4,10H2,(H2,19,20,22). The third-order valence-electron chi connectivity index (χ3n) is 3.86. The number of furan rings is 1. The highest BCUT2D eigenvalue weighted by Gasteiger charge is 2.20. The van der Waals surface area contributed by atoms with Crippen molar-refractivity contribution in [2.24, 2.45) is 0 Å². The van der Waals surface area contributed by atoms with E-state index >= 15 is 0 Å². The number of rotatable bonds is 6. The van der Waals surface area contributed by atoms with Crippen LogP contribution in [0.4, 0.5) is 14.9 Å². The molecule has 3 rings (SSSR count). The molecule has 6 nitrogen and oxygen atoms in total. The van der Waals surface area contributed by atoms with Crippen molar-refractivity contribution in [1.29, 1.82) is 0 Å². The van der Waals surface area contributed by atoms with Crippen LogP contribution in [0.5, 0.6) is 5.75 Å². The SMILES string of the molecule is O=C(NCC(O)c1ccco1)Nc1ccc(OC2CCC2)c(F)c1. The van der Waals surface area contributed by atoms with Gasteiger partial charge in [-0.05, 0) is 43.5 Å². The minimum Gasteiger partial charge on any atom is -0.487 e. The lowest BCUT2D eigenvalue weighted by Crippen LogP contribution is -2.32. The number of ether oxygens (including phenoxy) is 1. The number of benzene rings is 1. The van der Waals surface area contributed by atoms with Crippen molar-refractivity contribution in [3.05, 3.63) is 48.2 Å². The van der Waals surface area contributed by atoms with Crippen molar-refractivity contribution in [1.82, 2.24) is 5.32 Å². The average molecular weight is 334 g/mol. The second-order valence-electron chi connectivity index (χ2n) is 5.68. The smallest absolute Gasteiger partial charge is 0.319 e. The number of hydrogen-bond acceptors (Lipinski definition) is 4. The molecule has 2 amide bonds. The number of halogens is 1. The average Bonchev–Trinajstić information content (AvgIpc) is 3.04. The Bertz CT molecular complexity index is 686. The first-order valence-corrected chi connectivity index (χ1v) is 7.84. The zero-order valence-electron chi connectivity index (χ0n) is 13.0. The van der Waals surface area contributed by atoms with E-state index in [4.69, 9.17) is 9.15 Å². The van der Waals surface area contributed by atoms with Crippen LogP contribution in [0.1, 0.15) is 31.1 Å². The van der Waals surface area contributed by atoms with Gasteiger partial charge in [0.2, 0.25) is 0 Å². The van der Waals surface area contributed by atoms with E-state index in [1.165, 1.54) is 18.4 Å². The minimum atomic E-state index is -0.944. The molecular formula is C17H19FN2O4. The Morgan fingerprint density at radius 2 is 2.25 bits per heavy atom. The lowest BCUT2D eigenvalue weighted by molar-refractivity contribution is 0.115. The van der Waals surface area contributed by atoms with Crippen LogP contribution in [0, 0.1) is 5.82 Å². The third-order valence-corrected chi connectivity index (χ3v) is 3.86. The van der Waals surface area contributed by atoms with Crippen LogP contribution in [0.3, 0.4) is 0 Å². The first kappa shape index (κ1) is 16.3. The van der Waals surface area contributed by atoms with E-state index in [1.807, 2.05) is 0 Å². The van der Waals surface area contributed by atoms with Gasteiger partial charge in [-0.2, -0.15) is 0 Å². The Kier molecular flexibility index (Phi) is 5.00. The fraction of sp³-hybridized carbons (Fsp3) is 0.353. The van der Waals surface area contributed by atoms with Crippen LogP contribution in [0.2, 0.25) is 0 Å². The summed E-state index contributed by atoms with van der Waals surface area (Å²) in [6.07, 6.45) is 3.58. The summed E-state index contributed by atoms with van der Waals surface area (Å²) in [5, 5.41) is 14.8. The molecule has 1 aromatic carbocycles. The molecule has 7 heteroatoms. The zero-order chi connectivity index (χ0) is 16.9. The fourth-order valence-corrected chi connectivity index (χ4v) is 2.29. The Morgan fingerprint density at radius 1 is 1.42 bits per heavy atom. The Labute approximate surface area is 138 Å². The molecule has 24 heavy (non-hydrogen) atoms. The molecule has 1 atom stereocenters. The number of urea groups is 1. The number of aliphatic hydroxyl groups excluding tert-OH is 1. The normalized spacial score (nSPS) is 15.4. The second kappa shape index (κ2) is 7.35. The molecule has 128 valence electrons. The van der Waals surface area contributed by atoms with E-state index in [-0.39, 0.29) is 18.4 Å². The number of carbonyl (C=O) groups excluding carboxylic acids is 1. The lowest BCUT2D eigenvalue weighted by Gasteiger charge is -2.26. The molecule has 1 saturated carbocycles. The Balaban J connectivity index is 1.49. The molecule has 1 aliphatic rings. The Morgan fingerprint density at radius 3 is 2.88 bits per heavy atom. The molecule has 0 radical (unpaired) electrons. The maximum Gasteiger partial charge on any atom is 0.319 e. The summed E-state index contributed by atoms with van der Waals surface area (Å²) in [5.41, 5.74) is 0.304. The number of amides is 2. The fourth-order valence-electron chi connectivity index (χ4n) is 2.29. The molecular weight excluding hydrogens is 315 g/mol. The highest BCUT2D eigenvalue weighted by Crippen LogP contribution is 2.28. The van der Waals surface area contributed by atoms with Gasteiger partial charge >= 0.3 is 6.03 Å². The quantitative estimate of drug-likeness (QED) is 0.757. The number of aliphatic hydroxyl groups is 1. The molecule has 3 N–H and O–H groups in total. The van der Waals surface area contributed by atoms with E-state index in [0.29, 0.717) is 11.4 Å². The summed E-state index contributed by atoms with van der Waals surface area (Å²) in [7, 11) is 0. The van der Waals surface area contributed by atoms with Crippen LogP contribution in [0.15, 0.2) is 41.0 Å². The molecule has 0 bridgehead atoms. The molecule has 2 aromatic rings. The second-order valence-corrected chi connectivity index (χ2v) is 5.68. The van der Waals surface area contributed by atoms with Gasteiger partial charge in [0.15, 0.2) is 11.6 Å². The van der Waals surface area contributed by atoms with E-state index in [9.17, 15) is 14.3 Å². The van der Waals surface area contributed by atoms with E-state index in [1.54, 1.807) is 18.2 Å². The van der Waals surface area contributed by atoms with E-state index in [0.717, 1.165) is 19.3 Å². The van der Waals surface area contributed by atoms with Crippen LogP contribution in [-0.4, -0.2) is 23.8 Å². The van der Waals surface area contributed by atoms with Crippen molar-refractivity contribution < 1.29 is 23.4 Å². The number of carbonyl (C=O) groups is 1. The van der Waals surface area contributed by atoms with Gasteiger partial charge in [-0.25, -0.2) is 9.18 Å². The van der Waals surface area contributed by atoms with Crippen molar-refractivity contribution in [3.63, 3.8) is 0 Å². The van der Waals surface area contributed by atoms with Crippen molar-refractivity contribution in [3.8, 4) is 5.75 Å². The van der Waals surface area contributed by atoms with Crippen LogP contribution in [-0.2, 0) is 0 Å². The molecule has 0 saturated heterocycles. The van der Waals surface area contributed by atoms with E-state index < -0.39 is 18.0 Å². The zero-order valence-corrected chi connectivity index (χ0v) is 13.0. The van der Waals surface area contributed by atoms with Crippen molar-refractivity contribution >= 4 is 11.7 Å². The molecule has 1 unspecified atom stereocenters. The monoisotopic (exact) mass is 334 g/mol. The third kappa shape index (κ3) is 4.05. The molecule has 1 heterocycles. The molecule has 0 aliphatic heterocycles. The topological polar surface area (TPSA) is 83.7 Å². The van der Waals surface area contributed by atoms with Gasteiger partial charge in [-0.3, -0.25) is 0 Å². The van der Waals surface area contributed by atoms with Gasteiger partial charge in [0.1, 0.15) is 11.9 Å². The van der Waals surface area contributed by atoms with Gasteiger partial charge in [-0.1, -0.05) is 0 Å². The Hall–Kier alpha value is -2.54. The number of hydrogen-bond donors (Lipinski definition) is 3. The number of nitrogens with one attached hydrogen (secondary N) is 2. The van der Waals surface area contributed by atoms with Crippen molar-refractivity contribution in [2.45, 2.75) is 31.5 Å². The minimum absolute atomic E-state index is 0.0231. The van der Waals surface area contributed by atoms with Crippen LogP contribution >= 0.6 is 0 Å². The summed E-state index contributed by atoms with van der Waals surface area (Å²) < 4.78 is 24.5. The molecule has 1 aliphatic carbocycles. The van der Waals surface area contributed by atoms with Crippen LogP contribution < -0.4 is 15.4 Å². The summed E-state index contributed by atoms with van der Waals surface area (Å²) in [4.78, 5) is 11.8. The first-order chi connectivity index (χ1) is 11.6. The first-order valence-electron chi connectivity index (χ1n) is 7.84. The van der Waals surface area contributed by atoms with Gasteiger partial charge in [0.05, 0.1) is 18.9 Å². The van der Waals surface area contributed by atoms with Gasteiger partial charge < -0.3 is 24.9 Å². The summed E-state index contributed by atoms with van der Waals surface area (Å²) in [6, 6.07) is 6.99. The largest absolute Gasteiger partial charge is 0.487 e. The molecule has 0 spiro atoms. The lowest BCUT2D eigenvalue weighted by atomic mass is 9.96. The van der Waals surface area contributed by atoms with Crippen LogP contribution in [0.25, 0.3) is 0 Å². The van der Waals surface area contributed by atoms with Crippen molar-refractivity contribution in [2.75, 3.05) is 11.9 Å². The predicted octanol–water partition coefficient (Wildman–Crippen LogP) is 3.21. The molecule has 1 aromatic heterocycles. The summed E-state index contributed by atoms with van der Waals surface area (Å²) in [6.45, 7) is -0.0231. The highest BCUT2D eigenvalue weighted by molar-refractivity contribution is 5.89. The van der Waals surface area contributed by atoms with Gasteiger partial charge in [0.25, 0.3) is 0 Å². The maximum atomic E-state index is 14.0. The maximum absolute atomic E-state index is 14.0.